The van der Waals surface area contributed by atoms with Crippen molar-refractivity contribution in [3.63, 3.8) is 0 Å². The highest BCUT2D eigenvalue weighted by Gasteiger charge is 2.09. The molecule has 1 aromatic rings. The fourth-order valence-corrected chi connectivity index (χ4v) is 2.62. The zero-order valence-corrected chi connectivity index (χ0v) is 12.2. The molecule has 0 bridgehead atoms. The van der Waals surface area contributed by atoms with Gasteiger partial charge in [-0.15, -0.1) is 0 Å². The van der Waals surface area contributed by atoms with Gasteiger partial charge in [-0.25, -0.2) is 4.98 Å². The maximum Gasteiger partial charge on any atom is 0.126 e. The van der Waals surface area contributed by atoms with E-state index in [9.17, 15) is 0 Å². The molecule has 2 heterocycles. The Labute approximate surface area is 117 Å². The van der Waals surface area contributed by atoms with Crippen LogP contribution in [0.4, 0.5) is 5.82 Å². The van der Waals surface area contributed by atoms with Gasteiger partial charge in [-0.05, 0) is 44.5 Å². The number of nitrogens with zero attached hydrogens (tertiary/aromatic N) is 2. The lowest BCUT2D eigenvalue weighted by molar-refractivity contribution is 0.237. The molecule has 0 radical (unpaired) electrons. The van der Waals surface area contributed by atoms with Gasteiger partial charge in [0, 0.05) is 13.1 Å². The summed E-state index contributed by atoms with van der Waals surface area (Å²) in [6.45, 7) is 6.64. The third kappa shape index (κ3) is 5.19. The molecule has 0 unspecified atom stereocenters. The van der Waals surface area contributed by atoms with Crippen molar-refractivity contribution in [3.05, 3.63) is 23.9 Å². The van der Waals surface area contributed by atoms with Gasteiger partial charge in [0.2, 0.25) is 0 Å². The van der Waals surface area contributed by atoms with Gasteiger partial charge in [0.05, 0.1) is 5.69 Å². The second kappa shape index (κ2) is 8.16. The Morgan fingerprint density at radius 2 is 1.84 bits per heavy atom. The minimum Gasteiger partial charge on any atom is -0.370 e. The number of anilines is 1. The van der Waals surface area contributed by atoms with E-state index in [0.717, 1.165) is 25.3 Å². The summed E-state index contributed by atoms with van der Waals surface area (Å²) in [7, 11) is 0. The molecule has 3 nitrogen and oxygen atoms in total. The molecule has 1 N–H and O–H groups in total. The van der Waals surface area contributed by atoms with Crippen molar-refractivity contribution in [2.45, 2.75) is 52.0 Å². The SMILES string of the molecule is CCCNc1cccc(CN2CCCCCCC2)n1. The highest BCUT2D eigenvalue weighted by molar-refractivity contribution is 5.35. The van der Waals surface area contributed by atoms with Gasteiger partial charge in [0.15, 0.2) is 0 Å². The monoisotopic (exact) mass is 261 g/mol. The molecule has 0 saturated carbocycles. The molecule has 1 fully saturated rings. The second-order valence-electron chi connectivity index (χ2n) is 5.48. The van der Waals surface area contributed by atoms with Crippen LogP contribution < -0.4 is 5.32 Å². The molecule has 0 atom stereocenters. The van der Waals surface area contributed by atoms with E-state index in [1.165, 1.54) is 50.9 Å². The number of hydrogen-bond acceptors (Lipinski definition) is 3. The van der Waals surface area contributed by atoms with Gasteiger partial charge in [0.25, 0.3) is 0 Å². The standard InChI is InChI=1S/C16H27N3/c1-2-11-17-16-10-8-9-15(18-16)14-19-12-6-4-3-5-7-13-19/h8-10H,2-7,11-14H2,1H3,(H,17,18). The van der Waals surface area contributed by atoms with E-state index in [1.54, 1.807) is 0 Å². The topological polar surface area (TPSA) is 28.2 Å². The number of pyridine rings is 1. The second-order valence-corrected chi connectivity index (χ2v) is 5.48. The van der Waals surface area contributed by atoms with Crippen molar-refractivity contribution in [2.24, 2.45) is 0 Å². The van der Waals surface area contributed by atoms with Crippen LogP contribution in [0.5, 0.6) is 0 Å². The van der Waals surface area contributed by atoms with Crippen LogP contribution in [0.1, 0.15) is 51.1 Å². The molecular weight excluding hydrogens is 234 g/mol. The van der Waals surface area contributed by atoms with Crippen molar-refractivity contribution < 1.29 is 0 Å². The number of hydrogen-bond donors (Lipinski definition) is 1. The first-order chi connectivity index (χ1) is 9.38. The summed E-state index contributed by atoms with van der Waals surface area (Å²) >= 11 is 0. The summed E-state index contributed by atoms with van der Waals surface area (Å²) in [6, 6.07) is 6.33. The summed E-state index contributed by atoms with van der Waals surface area (Å²) < 4.78 is 0. The highest BCUT2D eigenvalue weighted by Crippen LogP contribution is 2.13. The van der Waals surface area contributed by atoms with E-state index in [4.69, 9.17) is 4.98 Å². The Balaban J connectivity index is 1.89. The summed E-state index contributed by atoms with van der Waals surface area (Å²) in [5.41, 5.74) is 1.20. The van der Waals surface area contributed by atoms with Crippen molar-refractivity contribution >= 4 is 5.82 Å². The van der Waals surface area contributed by atoms with Gasteiger partial charge in [-0.3, -0.25) is 4.90 Å². The Morgan fingerprint density at radius 3 is 2.58 bits per heavy atom. The van der Waals surface area contributed by atoms with E-state index in [1.807, 2.05) is 0 Å². The predicted molar refractivity (Wildman–Crippen MR) is 81.4 cm³/mol. The number of nitrogens with one attached hydrogen (secondary N) is 1. The van der Waals surface area contributed by atoms with E-state index in [-0.39, 0.29) is 0 Å². The average Bonchev–Trinajstić information content (AvgIpc) is 2.40. The van der Waals surface area contributed by atoms with Crippen molar-refractivity contribution in [1.82, 2.24) is 9.88 Å². The fraction of sp³-hybridized carbons (Fsp3) is 0.688. The molecule has 2 rings (SSSR count). The molecule has 0 aliphatic carbocycles. The normalized spacial score (nSPS) is 17.7. The first-order valence-electron chi connectivity index (χ1n) is 7.80. The summed E-state index contributed by atoms with van der Waals surface area (Å²) in [5.74, 6) is 1.02. The molecule has 0 amide bonds. The number of aromatic nitrogens is 1. The van der Waals surface area contributed by atoms with Crippen molar-refractivity contribution in [3.8, 4) is 0 Å². The van der Waals surface area contributed by atoms with Crippen molar-refractivity contribution in [2.75, 3.05) is 25.0 Å². The van der Waals surface area contributed by atoms with Crippen molar-refractivity contribution in [1.29, 1.82) is 0 Å². The molecule has 19 heavy (non-hydrogen) atoms. The Morgan fingerprint density at radius 1 is 1.11 bits per heavy atom. The van der Waals surface area contributed by atoms with Gasteiger partial charge in [0.1, 0.15) is 5.82 Å². The maximum atomic E-state index is 4.71. The Hall–Kier alpha value is -1.09. The zero-order valence-electron chi connectivity index (χ0n) is 12.2. The third-order valence-electron chi connectivity index (χ3n) is 3.70. The first kappa shape index (κ1) is 14.3. The quantitative estimate of drug-likeness (QED) is 0.876. The third-order valence-corrected chi connectivity index (χ3v) is 3.70. The lowest BCUT2D eigenvalue weighted by Crippen LogP contribution is -2.27. The zero-order chi connectivity index (χ0) is 13.3. The molecule has 106 valence electrons. The molecule has 1 saturated heterocycles. The van der Waals surface area contributed by atoms with Crippen LogP contribution in [0.15, 0.2) is 18.2 Å². The number of rotatable bonds is 5. The minimum atomic E-state index is 1.00. The van der Waals surface area contributed by atoms with Gasteiger partial charge in [-0.2, -0.15) is 0 Å². The van der Waals surface area contributed by atoms with Gasteiger partial charge in [-0.1, -0.05) is 32.3 Å². The molecular formula is C16H27N3. The average molecular weight is 261 g/mol. The summed E-state index contributed by atoms with van der Waals surface area (Å²) in [6.07, 6.45) is 8.02. The largest absolute Gasteiger partial charge is 0.370 e. The Bertz CT molecular complexity index is 357. The lowest BCUT2D eigenvalue weighted by Gasteiger charge is -2.24. The predicted octanol–water partition coefficient (Wildman–Crippen LogP) is 3.67. The number of likely N-dealkylation sites (tertiary alicyclic amines) is 1. The molecule has 0 spiro atoms. The minimum absolute atomic E-state index is 1.00. The van der Waals surface area contributed by atoms with Crippen LogP contribution in [0.3, 0.4) is 0 Å². The summed E-state index contributed by atoms with van der Waals surface area (Å²) in [5, 5.41) is 3.36. The first-order valence-corrected chi connectivity index (χ1v) is 7.80. The fourth-order valence-electron chi connectivity index (χ4n) is 2.62. The maximum absolute atomic E-state index is 4.71. The van der Waals surface area contributed by atoms with E-state index < -0.39 is 0 Å². The molecule has 0 aromatic carbocycles. The molecule has 1 aliphatic rings. The van der Waals surface area contributed by atoms with Crippen LogP contribution in [-0.4, -0.2) is 29.5 Å². The molecule has 1 aromatic heterocycles. The van der Waals surface area contributed by atoms with Gasteiger partial charge < -0.3 is 5.32 Å². The molecule has 1 aliphatic heterocycles. The van der Waals surface area contributed by atoms with Crippen LogP contribution in [0.25, 0.3) is 0 Å². The van der Waals surface area contributed by atoms with Crippen LogP contribution in [-0.2, 0) is 6.54 Å². The Kier molecular flexibility index (Phi) is 6.15. The van der Waals surface area contributed by atoms with Gasteiger partial charge >= 0.3 is 0 Å². The highest BCUT2D eigenvalue weighted by atomic mass is 15.1. The molecule has 3 heteroatoms. The summed E-state index contributed by atoms with van der Waals surface area (Å²) in [4.78, 5) is 7.27. The van der Waals surface area contributed by atoms with Crippen LogP contribution in [0, 0.1) is 0 Å². The lowest BCUT2D eigenvalue weighted by atomic mass is 10.1. The van der Waals surface area contributed by atoms with E-state index in [2.05, 4.69) is 35.3 Å². The van der Waals surface area contributed by atoms with E-state index in [0.29, 0.717) is 0 Å². The van der Waals surface area contributed by atoms with Crippen LogP contribution in [0.2, 0.25) is 0 Å². The smallest absolute Gasteiger partial charge is 0.126 e. The van der Waals surface area contributed by atoms with Crippen LogP contribution >= 0.6 is 0 Å². The van der Waals surface area contributed by atoms with E-state index >= 15 is 0 Å².